The molecule has 0 amide bonds. The number of H-pyrrole nitrogens is 1. The van der Waals surface area contributed by atoms with E-state index in [0.29, 0.717) is 28.7 Å². The summed E-state index contributed by atoms with van der Waals surface area (Å²) in [5, 5.41) is 13.4. The molecule has 0 bridgehead atoms. The Bertz CT molecular complexity index is 1060. The first kappa shape index (κ1) is 16.5. The lowest BCUT2D eigenvalue weighted by molar-refractivity contribution is 0.270. The second kappa shape index (κ2) is 7.51. The number of aromatic amines is 1. The second-order valence-corrected chi connectivity index (χ2v) is 6.63. The van der Waals surface area contributed by atoms with Crippen LogP contribution in [0.1, 0.15) is 11.5 Å². The summed E-state index contributed by atoms with van der Waals surface area (Å²) in [6, 6.07) is 17.2. The Morgan fingerprint density at radius 1 is 1.19 bits per heavy atom. The van der Waals surface area contributed by atoms with Crippen LogP contribution in [0, 0.1) is 4.77 Å². The van der Waals surface area contributed by atoms with Crippen molar-refractivity contribution >= 4 is 29.8 Å². The summed E-state index contributed by atoms with van der Waals surface area (Å²) in [5.74, 6) is 2.78. The first-order chi connectivity index (χ1) is 12.8. The van der Waals surface area contributed by atoms with Crippen molar-refractivity contribution < 1.29 is 9.15 Å². The quantitative estimate of drug-likeness (QED) is 0.387. The van der Waals surface area contributed by atoms with E-state index in [1.54, 1.807) is 22.2 Å². The molecule has 3 heterocycles. The third-order valence-electron chi connectivity index (χ3n) is 3.50. The fourth-order valence-corrected chi connectivity index (χ4v) is 3.17. The summed E-state index contributed by atoms with van der Waals surface area (Å²) in [6.45, 7) is 0.351. The van der Waals surface area contributed by atoms with Gasteiger partial charge in [-0.1, -0.05) is 24.3 Å². The molecule has 0 aliphatic heterocycles. The molecule has 130 valence electrons. The van der Waals surface area contributed by atoms with Crippen molar-refractivity contribution in [1.29, 1.82) is 0 Å². The van der Waals surface area contributed by atoms with Gasteiger partial charge in [-0.15, -0.1) is 11.3 Å². The topological polar surface area (TPSA) is 68.3 Å². The Morgan fingerprint density at radius 2 is 2.08 bits per heavy atom. The minimum Gasteiger partial charge on any atom is -0.486 e. The third-order valence-corrected chi connectivity index (χ3v) is 4.63. The minimum absolute atomic E-state index is 0.351. The molecule has 0 saturated heterocycles. The lowest BCUT2D eigenvalue weighted by Crippen LogP contribution is -1.94. The number of nitrogens with one attached hydrogen (secondary N) is 1. The van der Waals surface area contributed by atoms with E-state index in [0.717, 1.165) is 10.6 Å². The van der Waals surface area contributed by atoms with Gasteiger partial charge in [0, 0.05) is 0 Å². The molecule has 0 spiro atoms. The predicted molar refractivity (Wildman–Crippen MR) is 103 cm³/mol. The van der Waals surface area contributed by atoms with E-state index in [4.69, 9.17) is 21.4 Å². The third kappa shape index (κ3) is 3.66. The second-order valence-electron chi connectivity index (χ2n) is 5.29. The van der Waals surface area contributed by atoms with Crippen LogP contribution in [0.2, 0.25) is 0 Å². The van der Waals surface area contributed by atoms with E-state index in [9.17, 15) is 0 Å². The molecule has 4 aromatic rings. The van der Waals surface area contributed by atoms with Crippen LogP contribution < -0.4 is 4.74 Å². The summed E-state index contributed by atoms with van der Waals surface area (Å²) >= 11 is 6.82. The van der Waals surface area contributed by atoms with Gasteiger partial charge in [0.15, 0.2) is 5.82 Å². The molecule has 1 aromatic carbocycles. The standard InChI is InChI=1S/C18H14N4O2S2/c25-18-21-20-17(16-7-4-10-26-16)22(18)19-11-14-8-9-15(24-14)12-23-13-5-2-1-3-6-13/h1-11H,12H2,(H,21,25)/b19-11-. The molecule has 0 aliphatic rings. The van der Waals surface area contributed by atoms with Crippen LogP contribution >= 0.6 is 23.6 Å². The Morgan fingerprint density at radius 3 is 2.88 bits per heavy atom. The molecule has 1 N–H and O–H groups in total. The van der Waals surface area contributed by atoms with E-state index < -0.39 is 0 Å². The average Bonchev–Trinajstić information content (AvgIpc) is 3.40. The summed E-state index contributed by atoms with van der Waals surface area (Å²) in [4.78, 5) is 0.978. The van der Waals surface area contributed by atoms with Gasteiger partial charge in [-0.2, -0.15) is 14.9 Å². The van der Waals surface area contributed by atoms with E-state index in [1.807, 2.05) is 60.0 Å². The zero-order chi connectivity index (χ0) is 17.8. The number of benzene rings is 1. The molecular formula is C18H14N4O2S2. The highest BCUT2D eigenvalue weighted by Crippen LogP contribution is 2.22. The number of rotatable bonds is 6. The van der Waals surface area contributed by atoms with Crippen molar-refractivity contribution in [2.75, 3.05) is 0 Å². The van der Waals surface area contributed by atoms with Crippen molar-refractivity contribution in [2.45, 2.75) is 6.61 Å². The molecule has 4 rings (SSSR count). The van der Waals surface area contributed by atoms with E-state index >= 15 is 0 Å². The Kier molecular flexibility index (Phi) is 4.76. The highest BCUT2D eigenvalue weighted by atomic mass is 32.1. The Balaban J connectivity index is 1.48. The smallest absolute Gasteiger partial charge is 0.216 e. The fourth-order valence-electron chi connectivity index (χ4n) is 2.29. The zero-order valence-electron chi connectivity index (χ0n) is 13.5. The molecule has 0 atom stereocenters. The zero-order valence-corrected chi connectivity index (χ0v) is 15.2. The van der Waals surface area contributed by atoms with Gasteiger partial charge in [0.05, 0.1) is 11.1 Å². The van der Waals surface area contributed by atoms with Crippen LogP contribution in [0.15, 0.2) is 69.5 Å². The summed E-state index contributed by atoms with van der Waals surface area (Å²) in [6.07, 6.45) is 1.61. The first-order valence-electron chi connectivity index (χ1n) is 7.82. The highest BCUT2D eigenvalue weighted by molar-refractivity contribution is 7.71. The number of furan rings is 1. The van der Waals surface area contributed by atoms with Crippen molar-refractivity contribution in [3.8, 4) is 16.5 Å². The van der Waals surface area contributed by atoms with Crippen molar-refractivity contribution in [1.82, 2.24) is 14.9 Å². The maximum absolute atomic E-state index is 5.72. The van der Waals surface area contributed by atoms with Crippen LogP contribution in [0.3, 0.4) is 0 Å². The van der Waals surface area contributed by atoms with Gasteiger partial charge in [0.25, 0.3) is 0 Å². The van der Waals surface area contributed by atoms with Crippen LogP contribution in [0.4, 0.5) is 0 Å². The molecule has 3 aromatic heterocycles. The molecule has 0 fully saturated rings. The van der Waals surface area contributed by atoms with Crippen LogP contribution in [0.25, 0.3) is 10.7 Å². The highest BCUT2D eigenvalue weighted by Gasteiger charge is 2.09. The number of ether oxygens (including phenoxy) is 1. The molecule has 0 saturated carbocycles. The Hall–Kier alpha value is -2.97. The number of aromatic nitrogens is 3. The fraction of sp³-hybridized carbons (Fsp3) is 0.0556. The average molecular weight is 382 g/mol. The van der Waals surface area contributed by atoms with Crippen LogP contribution in [-0.2, 0) is 6.61 Å². The lowest BCUT2D eigenvalue weighted by atomic mass is 10.3. The number of para-hydroxylation sites is 1. The molecule has 0 radical (unpaired) electrons. The normalized spacial score (nSPS) is 11.2. The van der Waals surface area contributed by atoms with E-state index in [2.05, 4.69) is 15.3 Å². The van der Waals surface area contributed by atoms with Crippen molar-refractivity contribution in [3.63, 3.8) is 0 Å². The lowest BCUT2D eigenvalue weighted by Gasteiger charge is -2.02. The molecule has 8 heteroatoms. The number of thiophene rings is 1. The molecule has 0 unspecified atom stereocenters. The predicted octanol–water partition coefficient (Wildman–Crippen LogP) is 4.72. The van der Waals surface area contributed by atoms with Gasteiger partial charge < -0.3 is 9.15 Å². The monoisotopic (exact) mass is 382 g/mol. The number of nitrogens with zero attached hydrogens (tertiary/aromatic N) is 3. The van der Waals surface area contributed by atoms with Gasteiger partial charge >= 0.3 is 0 Å². The minimum atomic E-state index is 0.351. The number of hydrogen-bond acceptors (Lipinski definition) is 6. The maximum atomic E-state index is 5.72. The molecule has 6 nitrogen and oxygen atoms in total. The number of hydrogen-bond donors (Lipinski definition) is 1. The summed E-state index contributed by atoms with van der Waals surface area (Å²) < 4.78 is 13.4. The van der Waals surface area contributed by atoms with Crippen LogP contribution in [0.5, 0.6) is 5.75 Å². The summed E-state index contributed by atoms with van der Waals surface area (Å²) in [5.41, 5.74) is 0. The SMILES string of the molecule is S=c1[nH]nc(-c2cccs2)n1/N=C\c1ccc(COc2ccccc2)o1. The van der Waals surface area contributed by atoms with Crippen molar-refractivity contribution in [3.05, 3.63) is 76.3 Å². The molecule has 26 heavy (non-hydrogen) atoms. The van der Waals surface area contributed by atoms with Gasteiger partial charge in [-0.05, 0) is 47.9 Å². The van der Waals surface area contributed by atoms with E-state index in [-0.39, 0.29) is 0 Å². The molecule has 0 aliphatic carbocycles. The maximum Gasteiger partial charge on any atom is 0.216 e. The Labute approximate surface area is 158 Å². The van der Waals surface area contributed by atoms with Gasteiger partial charge in [-0.3, -0.25) is 0 Å². The van der Waals surface area contributed by atoms with Crippen molar-refractivity contribution in [2.24, 2.45) is 5.10 Å². The van der Waals surface area contributed by atoms with Gasteiger partial charge in [0.2, 0.25) is 4.77 Å². The summed E-state index contributed by atoms with van der Waals surface area (Å²) in [7, 11) is 0. The molecular weight excluding hydrogens is 368 g/mol. The largest absolute Gasteiger partial charge is 0.486 e. The first-order valence-corrected chi connectivity index (χ1v) is 9.10. The van der Waals surface area contributed by atoms with E-state index in [1.165, 1.54) is 0 Å². The van der Waals surface area contributed by atoms with Gasteiger partial charge in [0.1, 0.15) is 23.9 Å². The van der Waals surface area contributed by atoms with Crippen LogP contribution in [-0.4, -0.2) is 21.1 Å². The van der Waals surface area contributed by atoms with Gasteiger partial charge in [-0.25, -0.2) is 5.10 Å².